The number of likely N-dealkylation sites (tertiary alicyclic amines) is 1. The smallest absolute Gasteiger partial charge is 0.329 e. The van der Waals surface area contributed by atoms with Crippen molar-refractivity contribution in [3.05, 3.63) is 29.0 Å². The summed E-state index contributed by atoms with van der Waals surface area (Å²) < 4.78 is 0. The Morgan fingerprint density at radius 2 is 2.32 bits per heavy atom. The van der Waals surface area contributed by atoms with Gasteiger partial charge in [-0.25, -0.2) is 4.79 Å². The molecule has 0 spiro atoms. The number of nitrogens with zero attached hydrogens (tertiary/aromatic N) is 2. The Balaban J connectivity index is 2.35. The molecule has 102 valence electrons. The average molecular weight is 283 g/mol. The van der Waals surface area contributed by atoms with Crippen LogP contribution in [0.2, 0.25) is 5.02 Å². The van der Waals surface area contributed by atoms with Crippen molar-refractivity contribution in [3.8, 4) is 0 Å². The van der Waals surface area contributed by atoms with Crippen LogP contribution in [0.15, 0.2) is 18.3 Å². The van der Waals surface area contributed by atoms with Crippen LogP contribution in [0.1, 0.15) is 36.7 Å². The quantitative estimate of drug-likeness (QED) is 0.923. The predicted octanol–water partition coefficient (Wildman–Crippen LogP) is 2.20. The monoisotopic (exact) mass is 282 g/mol. The number of hydrogen-bond donors (Lipinski definition) is 1. The van der Waals surface area contributed by atoms with E-state index in [1.165, 1.54) is 17.2 Å². The highest BCUT2D eigenvalue weighted by atomic mass is 35.5. The fourth-order valence-electron chi connectivity index (χ4n) is 2.58. The van der Waals surface area contributed by atoms with Crippen LogP contribution in [0.4, 0.5) is 0 Å². The Morgan fingerprint density at radius 3 is 2.89 bits per heavy atom. The van der Waals surface area contributed by atoms with E-state index in [1.807, 2.05) is 0 Å². The number of amides is 1. The van der Waals surface area contributed by atoms with Crippen LogP contribution in [0.25, 0.3) is 0 Å². The molecular weight excluding hydrogens is 268 g/mol. The molecule has 0 aromatic carbocycles. The SMILES string of the molecule is CCC1(C(=O)O)CCCN1C(=O)c1cc(Cl)ccn1. The van der Waals surface area contributed by atoms with E-state index in [4.69, 9.17) is 11.6 Å². The number of carbonyl (C=O) groups excluding carboxylic acids is 1. The molecule has 1 unspecified atom stereocenters. The molecule has 1 aromatic heterocycles. The second-order valence-corrected chi connectivity index (χ2v) is 5.05. The molecule has 6 heteroatoms. The highest BCUT2D eigenvalue weighted by Gasteiger charge is 2.48. The lowest BCUT2D eigenvalue weighted by molar-refractivity contribution is -0.148. The van der Waals surface area contributed by atoms with Crippen LogP contribution in [-0.2, 0) is 4.79 Å². The molecule has 1 saturated heterocycles. The zero-order valence-electron chi connectivity index (χ0n) is 10.6. The summed E-state index contributed by atoms with van der Waals surface area (Å²) in [6.07, 6.45) is 2.99. The van der Waals surface area contributed by atoms with Gasteiger partial charge in [0.15, 0.2) is 0 Å². The van der Waals surface area contributed by atoms with Crippen molar-refractivity contribution in [2.75, 3.05) is 6.54 Å². The molecule has 1 atom stereocenters. The van der Waals surface area contributed by atoms with Crippen molar-refractivity contribution in [2.45, 2.75) is 31.7 Å². The van der Waals surface area contributed by atoms with E-state index in [0.717, 1.165) is 0 Å². The first-order chi connectivity index (χ1) is 9.01. The van der Waals surface area contributed by atoms with Crippen LogP contribution < -0.4 is 0 Å². The second kappa shape index (κ2) is 5.17. The predicted molar refractivity (Wildman–Crippen MR) is 70.2 cm³/mol. The van der Waals surface area contributed by atoms with E-state index in [2.05, 4.69) is 4.98 Å². The number of halogens is 1. The summed E-state index contributed by atoms with van der Waals surface area (Å²) in [5.41, 5.74) is -0.922. The van der Waals surface area contributed by atoms with Crippen molar-refractivity contribution in [3.63, 3.8) is 0 Å². The van der Waals surface area contributed by atoms with Gasteiger partial charge < -0.3 is 10.0 Å². The van der Waals surface area contributed by atoms with Gasteiger partial charge in [0.1, 0.15) is 11.2 Å². The standard InChI is InChI=1S/C13H15ClN2O3/c1-2-13(12(18)19)5-3-7-16(13)11(17)10-8-9(14)4-6-15-10/h4,6,8H,2-3,5,7H2,1H3,(H,18,19). The lowest BCUT2D eigenvalue weighted by atomic mass is 9.93. The zero-order chi connectivity index (χ0) is 14.0. The van der Waals surface area contributed by atoms with Gasteiger partial charge in [-0.3, -0.25) is 9.78 Å². The van der Waals surface area contributed by atoms with Gasteiger partial charge in [0.25, 0.3) is 5.91 Å². The number of aromatic nitrogens is 1. The van der Waals surface area contributed by atoms with Crippen LogP contribution in [0, 0.1) is 0 Å². The minimum Gasteiger partial charge on any atom is -0.479 e. The lowest BCUT2D eigenvalue weighted by Gasteiger charge is -2.33. The molecule has 1 aliphatic heterocycles. The maximum Gasteiger partial charge on any atom is 0.329 e. The fraction of sp³-hybridized carbons (Fsp3) is 0.462. The van der Waals surface area contributed by atoms with Gasteiger partial charge in [0, 0.05) is 17.8 Å². The molecule has 5 nitrogen and oxygen atoms in total. The summed E-state index contributed by atoms with van der Waals surface area (Å²) in [6, 6.07) is 3.04. The van der Waals surface area contributed by atoms with E-state index in [9.17, 15) is 14.7 Å². The van der Waals surface area contributed by atoms with E-state index in [1.54, 1.807) is 13.0 Å². The Hall–Kier alpha value is -1.62. The van der Waals surface area contributed by atoms with Gasteiger partial charge >= 0.3 is 5.97 Å². The highest BCUT2D eigenvalue weighted by Crippen LogP contribution is 2.34. The number of pyridine rings is 1. The number of hydrogen-bond acceptors (Lipinski definition) is 3. The third-order valence-electron chi connectivity index (χ3n) is 3.66. The Bertz CT molecular complexity index is 520. The van der Waals surface area contributed by atoms with Crippen LogP contribution in [0.3, 0.4) is 0 Å². The van der Waals surface area contributed by atoms with Gasteiger partial charge in [-0.2, -0.15) is 0 Å². The first-order valence-electron chi connectivity index (χ1n) is 6.18. The third kappa shape index (κ3) is 2.30. The average Bonchev–Trinajstić information content (AvgIpc) is 2.82. The van der Waals surface area contributed by atoms with E-state index in [0.29, 0.717) is 30.8 Å². The van der Waals surface area contributed by atoms with Crippen molar-refractivity contribution >= 4 is 23.5 Å². The first kappa shape index (κ1) is 13.8. The lowest BCUT2D eigenvalue weighted by Crippen LogP contribution is -2.52. The number of aliphatic carboxylic acids is 1. The molecule has 1 aromatic rings. The van der Waals surface area contributed by atoms with Gasteiger partial charge in [0.2, 0.25) is 0 Å². The summed E-state index contributed by atoms with van der Waals surface area (Å²) in [4.78, 5) is 29.3. The molecule has 0 radical (unpaired) electrons. The highest BCUT2D eigenvalue weighted by molar-refractivity contribution is 6.30. The molecule has 0 aliphatic carbocycles. The summed E-state index contributed by atoms with van der Waals surface area (Å²) in [5, 5.41) is 9.86. The Labute approximate surface area is 116 Å². The minimum atomic E-state index is -1.11. The molecule has 2 heterocycles. The Morgan fingerprint density at radius 1 is 1.58 bits per heavy atom. The minimum absolute atomic E-state index is 0.188. The van der Waals surface area contributed by atoms with E-state index < -0.39 is 11.5 Å². The van der Waals surface area contributed by atoms with Crippen molar-refractivity contribution in [1.82, 2.24) is 9.88 Å². The second-order valence-electron chi connectivity index (χ2n) is 4.61. The summed E-state index contributed by atoms with van der Waals surface area (Å²) in [5.74, 6) is -1.33. The maximum atomic E-state index is 12.4. The van der Waals surface area contributed by atoms with Gasteiger partial charge in [-0.05, 0) is 31.4 Å². The molecular formula is C13H15ClN2O3. The molecule has 2 rings (SSSR count). The van der Waals surface area contributed by atoms with E-state index in [-0.39, 0.29) is 11.6 Å². The van der Waals surface area contributed by atoms with Crippen molar-refractivity contribution < 1.29 is 14.7 Å². The Kier molecular flexibility index (Phi) is 3.75. The van der Waals surface area contributed by atoms with E-state index >= 15 is 0 Å². The zero-order valence-corrected chi connectivity index (χ0v) is 11.4. The molecule has 19 heavy (non-hydrogen) atoms. The van der Waals surface area contributed by atoms with Crippen LogP contribution in [0.5, 0.6) is 0 Å². The van der Waals surface area contributed by atoms with Crippen molar-refractivity contribution in [2.24, 2.45) is 0 Å². The number of rotatable bonds is 3. The molecule has 1 aliphatic rings. The van der Waals surface area contributed by atoms with Crippen LogP contribution in [-0.4, -0.2) is 39.0 Å². The first-order valence-corrected chi connectivity index (χ1v) is 6.56. The fourth-order valence-corrected chi connectivity index (χ4v) is 2.74. The van der Waals surface area contributed by atoms with Gasteiger partial charge in [0.05, 0.1) is 0 Å². The molecule has 0 bridgehead atoms. The largest absolute Gasteiger partial charge is 0.479 e. The van der Waals surface area contributed by atoms with Crippen molar-refractivity contribution in [1.29, 1.82) is 0 Å². The molecule has 1 amide bonds. The normalized spacial score (nSPS) is 22.5. The number of carboxylic acids is 1. The summed E-state index contributed by atoms with van der Waals surface area (Å²) in [7, 11) is 0. The molecule has 0 saturated carbocycles. The number of carboxylic acid groups (broad SMARTS) is 1. The summed E-state index contributed by atoms with van der Waals surface area (Å²) in [6.45, 7) is 2.22. The van der Waals surface area contributed by atoms with Crippen LogP contribution >= 0.6 is 11.6 Å². The topological polar surface area (TPSA) is 70.5 Å². The summed E-state index contributed by atoms with van der Waals surface area (Å²) >= 11 is 5.84. The van der Waals surface area contributed by atoms with Gasteiger partial charge in [-0.15, -0.1) is 0 Å². The van der Waals surface area contributed by atoms with Gasteiger partial charge in [-0.1, -0.05) is 18.5 Å². The molecule has 1 N–H and O–H groups in total. The molecule has 1 fully saturated rings. The maximum absolute atomic E-state index is 12.4. The number of carbonyl (C=O) groups is 2. The third-order valence-corrected chi connectivity index (χ3v) is 3.89.